The molecule has 1 N–H and O–H groups in total. The van der Waals surface area contributed by atoms with Gasteiger partial charge in [-0.15, -0.1) is 0 Å². The van der Waals surface area contributed by atoms with Crippen molar-refractivity contribution in [2.75, 3.05) is 13.7 Å². The van der Waals surface area contributed by atoms with Crippen molar-refractivity contribution in [1.82, 2.24) is 9.55 Å². The fourth-order valence-corrected chi connectivity index (χ4v) is 2.68. The van der Waals surface area contributed by atoms with Crippen LogP contribution in [0.3, 0.4) is 0 Å². The Morgan fingerprint density at radius 1 is 1.43 bits per heavy atom. The van der Waals surface area contributed by atoms with E-state index in [9.17, 15) is 4.79 Å². The number of aryl methyl sites for hydroxylation is 1. The summed E-state index contributed by atoms with van der Waals surface area (Å²) >= 11 is 0. The largest absolute Gasteiger partial charge is 0.478 e. The summed E-state index contributed by atoms with van der Waals surface area (Å²) in [5.41, 5.74) is 2.16. The standard InChI is InChI=1S/C16H20N2O3/c1-21-9-3-2-8-18-14-10-12(16(19)20)6-7-13(14)17-15(18)11-4-5-11/h6-7,10-11H,2-5,8-9H2,1H3,(H,19,20). The highest BCUT2D eigenvalue weighted by Gasteiger charge is 2.29. The van der Waals surface area contributed by atoms with Crippen molar-refractivity contribution in [2.45, 2.75) is 38.1 Å². The van der Waals surface area contributed by atoms with E-state index in [1.165, 1.54) is 12.8 Å². The molecule has 0 spiro atoms. The number of carboxylic acids is 1. The molecule has 1 heterocycles. The van der Waals surface area contributed by atoms with Gasteiger partial charge in [0.15, 0.2) is 0 Å². The molecule has 0 unspecified atom stereocenters. The van der Waals surface area contributed by atoms with E-state index >= 15 is 0 Å². The number of nitrogens with zero attached hydrogens (tertiary/aromatic N) is 2. The maximum Gasteiger partial charge on any atom is 0.335 e. The van der Waals surface area contributed by atoms with Crippen molar-refractivity contribution < 1.29 is 14.6 Å². The van der Waals surface area contributed by atoms with Crippen molar-refractivity contribution in [3.05, 3.63) is 29.6 Å². The predicted octanol–water partition coefficient (Wildman–Crippen LogP) is 3.04. The molecule has 5 heteroatoms. The van der Waals surface area contributed by atoms with Gasteiger partial charge in [0, 0.05) is 26.2 Å². The average Bonchev–Trinajstić information content (AvgIpc) is 3.25. The Kier molecular flexibility index (Phi) is 3.92. The molecule has 0 atom stereocenters. The Morgan fingerprint density at radius 3 is 2.90 bits per heavy atom. The summed E-state index contributed by atoms with van der Waals surface area (Å²) in [6.07, 6.45) is 4.38. The number of aromatic nitrogens is 2. The lowest BCUT2D eigenvalue weighted by Crippen LogP contribution is -2.05. The van der Waals surface area contributed by atoms with E-state index in [1.807, 2.05) is 6.07 Å². The van der Waals surface area contributed by atoms with Gasteiger partial charge in [-0.1, -0.05) is 0 Å². The van der Waals surface area contributed by atoms with Crippen LogP contribution >= 0.6 is 0 Å². The van der Waals surface area contributed by atoms with Crippen LogP contribution in [0.4, 0.5) is 0 Å². The van der Waals surface area contributed by atoms with Gasteiger partial charge in [0.2, 0.25) is 0 Å². The van der Waals surface area contributed by atoms with Crippen molar-refractivity contribution in [2.24, 2.45) is 0 Å². The van der Waals surface area contributed by atoms with E-state index in [-0.39, 0.29) is 0 Å². The average molecular weight is 288 g/mol. The molecule has 0 amide bonds. The summed E-state index contributed by atoms with van der Waals surface area (Å²) in [4.78, 5) is 15.9. The first-order valence-corrected chi connectivity index (χ1v) is 7.43. The molecule has 0 radical (unpaired) electrons. The molecule has 1 aromatic carbocycles. The second-order valence-electron chi connectivity index (χ2n) is 5.60. The van der Waals surface area contributed by atoms with E-state index in [1.54, 1.807) is 19.2 Å². The van der Waals surface area contributed by atoms with E-state index < -0.39 is 5.97 Å². The van der Waals surface area contributed by atoms with Crippen molar-refractivity contribution in [3.63, 3.8) is 0 Å². The number of hydrogen-bond donors (Lipinski definition) is 1. The number of ether oxygens (including phenoxy) is 1. The van der Waals surface area contributed by atoms with E-state index in [2.05, 4.69) is 4.57 Å². The first kappa shape index (κ1) is 14.1. The molecule has 1 aliphatic rings. The smallest absolute Gasteiger partial charge is 0.335 e. The van der Waals surface area contributed by atoms with Gasteiger partial charge in [-0.3, -0.25) is 0 Å². The molecule has 0 aliphatic heterocycles. The minimum absolute atomic E-state index is 0.322. The maximum atomic E-state index is 11.2. The summed E-state index contributed by atoms with van der Waals surface area (Å²) in [6, 6.07) is 5.19. The fourth-order valence-electron chi connectivity index (χ4n) is 2.68. The Morgan fingerprint density at radius 2 is 2.24 bits per heavy atom. The van der Waals surface area contributed by atoms with Gasteiger partial charge in [0.1, 0.15) is 5.82 Å². The van der Waals surface area contributed by atoms with Crippen LogP contribution < -0.4 is 0 Å². The van der Waals surface area contributed by atoms with Crippen molar-refractivity contribution >= 4 is 17.0 Å². The van der Waals surface area contributed by atoms with Gasteiger partial charge >= 0.3 is 5.97 Å². The third kappa shape index (κ3) is 2.93. The predicted molar refractivity (Wildman–Crippen MR) is 79.8 cm³/mol. The Bertz CT molecular complexity index is 659. The number of carbonyl (C=O) groups is 1. The number of rotatable bonds is 7. The highest BCUT2D eigenvalue weighted by atomic mass is 16.5. The number of methoxy groups -OCH3 is 1. The first-order chi connectivity index (χ1) is 10.2. The molecule has 1 fully saturated rings. The number of fused-ring (bicyclic) bond motifs is 1. The zero-order valence-electron chi connectivity index (χ0n) is 12.2. The van der Waals surface area contributed by atoms with Crippen LogP contribution in [-0.2, 0) is 11.3 Å². The van der Waals surface area contributed by atoms with Crippen LogP contribution in [0, 0.1) is 0 Å². The van der Waals surface area contributed by atoms with Crippen molar-refractivity contribution in [1.29, 1.82) is 0 Å². The SMILES string of the molecule is COCCCCn1c(C2CC2)nc2ccc(C(=O)O)cc21. The molecular weight excluding hydrogens is 268 g/mol. The molecule has 5 nitrogen and oxygen atoms in total. The second-order valence-corrected chi connectivity index (χ2v) is 5.60. The molecule has 0 bridgehead atoms. The highest BCUT2D eigenvalue weighted by molar-refractivity contribution is 5.92. The first-order valence-electron chi connectivity index (χ1n) is 7.43. The van der Waals surface area contributed by atoms with E-state index in [0.717, 1.165) is 42.9 Å². The number of unbranched alkanes of at least 4 members (excludes halogenated alkanes) is 1. The summed E-state index contributed by atoms with van der Waals surface area (Å²) in [5.74, 6) is 0.773. The molecule has 21 heavy (non-hydrogen) atoms. The van der Waals surface area contributed by atoms with E-state index in [0.29, 0.717) is 11.5 Å². The van der Waals surface area contributed by atoms with Crippen LogP contribution in [0.25, 0.3) is 11.0 Å². The Hall–Kier alpha value is -1.88. The highest BCUT2D eigenvalue weighted by Crippen LogP contribution is 2.40. The maximum absolute atomic E-state index is 11.2. The van der Waals surface area contributed by atoms with Gasteiger partial charge in [0.05, 0.1) is 16.6 Å². The van der Waals surface area contributed by atoms with Gasteiger partial charge in [-0.25, -0.2) is 9.78 Å². The lowest BCUT2D eigenvalue weighted by atomic mass is 10.2. The minimum atomic E-state index is -0.892. The third-order valence-corrected chi connectivity index (χ3v) is 3.95. The summed E-state index contributed by atoms with van der Waals surface area (Å²) in [6.45, 7) is 1.63. The number of hydrogen-bond acceptors (Lipinski definition) is 3. The molecule has 1 saturated carbocycles. The fraction of sp³-hybridized carbons (Fsp3) is 0.500. The number of benzene rings is 1. The number of aromatic carboxylic acids is 1. The van der Waals surface area contributed by atoms with Crippen LogP contribution in [0.2, 0.25) is 0 Å². The second kappa shape index (κ2) is 5.85. The van der Waals surface area contributed by atoms with Gasteiger partial charge in [0.25, 0.3) is 0 Å². The van der Waals surface area contributed by atoms with Crippen molar-refractivity contribution in [3.8, 4) is 0 Å². The summed E-state index contributed by atoms with van der Waals surface area (Å²) in [7, 11) is 1.71. The van der Waals surface area contributed by atoms with Crippen LogP contribution in [0.15, 0.2) is 18.2 Å². The lowest BCUT2D eigenvalue weighted by Gasteiger charge is -2.08. The quantitative estimate of drug-likeness (QED) is 0.795. The zero-order chi connectivity index (χ0) is 14.8. The number of imidazole rings is 1. The molecule has 0 saturated heterocycles. The van der Waals surface area contributed by atoms with Crippen LogP contribution in [-0.4, -0.2) is 34.3 Å². The molecule has 1 aromatic heterocycles. The van der Waals surface area contributed by atoms with Gasteiger partial charge in [-0.2, -0.15) is 0 Å². The molecule has 2 aromatic rings. The zero-order valence-corrected chi connectivity index (χ0v) is 12.2. The topological polar surface area (TPSA) is 64.4 Å². The Labute approximate surface area is 123 Å². The van der Waals surface area contributed by atoms with Crippen LogP contribution in [0.1, 0.15) is 47.8 Å². The summed E-state index contributed by atoms with van der Waals surface area (Å²) in [5, 5.41) is 9.16. The third-order valence-electron chi connectivity index (χ3n) is 3.95. The van der Waals surface area contributed by atoms with Crippen LogP contribution in [0.5, 0.6) is 0 Å². The molecule has 3 rings (SSSR count). The van der Waals surface area contributed by atoms with E-state index in [4.69, 9.17) is 14.8 Å². The molecule has 112 valence electrons. The normalized spacial score (nSPS) is 14.7. The minimum Gasteiger partial charge on any atom is -0.478 e. The lowest BCUT2D eigenvalue weighted by molar-refractivity contribution is 0.0697. The van der Waals surface area contributed by atoms with Gasteiger partial charge < -0.3 is 14.4 Å². The summed E-state index contributed by atoms with van der Waals surface area (Å²) < 4.78 is 7.29. The number of carboxylic acid groups (broad SMARTS) is 1. The molecular formula is C16H20N2O3. The monoisotopic (exact) mass is 288 g/mol. The molecule has 1 aliphatic carbocycles. The Balaban J connectivity index is 1.94. The van der Waals surface area contributed by atoms with Gasteiger partial charge in [-0.05, 0) is 43.9 Å².